The molecule has 3 aliphatic rings. The van der Waals surface area contributed by atoms with Crippen molar-refractivity contribution < 1.29 is 9.53 Å². The van der Waals surface area contributed by atoms with Gasteiger partial charge in [-0.05, 0) is 93.9 Å². The van der Waals surface area contributed by atoms with E-state index in [1.807, 2.05) is 0 Å². The molecule has 0 heterocycles. The summed E-state index contributed by atoms with van der Waals surface area (Å²) in [5.41, 5.74) is 3.88. The van der Waals surface area contributed by atoms with Crippen LogP contribution in [0.2, 0.25) is 0 Å². The van der Waals surface area contributed by atoms with E-state index in [4.69, 9.17) is 4.74 Å². The molecule has 27 heavy (non-hydrogen) atoms. The molecular formula is C24H33NO2. The topological polar surface area (TPSA) is 38.3 Å². The minimum atomic E-state index is -0.188. The molecule has 0 aliphatic heterocycles. The van der Waals surface area contributed by atoms with Crippen LogP contribution in [0, 0.1) is 17.3 Å². The van der Waals surface area contributed by atoms with Crippen molar-refractivity contribution in [2.24, 2.45) is 17.3 Å². The zero-order valence-electron chi connectivity index (χ0n) is 17.4. The van der Waals surface area contributed by atoms with Gasteiger partial charge in [0.2, 0.25) is 5.91 Å². The van der Waals surface area contributed by atoms with Gasteiger partial charge in [-0.2, -0.15) is 0 Å². The van der Waals surface area contributed by atoms with Gasteiger partial charge in [-0.1, -0.05) is 19.1 Å². The van der Waals surface area contributed by atoms with E-state index < -0.39 is 0 Å². The van der Waals surface area contributed by atoms with Crippen molar-refractivity contribution in [3.05, 3.63) is 41.0 Å². The van der Waals surface area contributed by atoms with Gasteiger partial charge in [0.15, 0.2) is 0 Å². The normalized spacial score (nSPS) is 32.0. The summed E-state index contributed by atoms with van der Waals surface area (Å²) in [6.07, 6.45) is 7.94. The van der Waals surface area contributed by atoms with Crippen LogP contribution in [-0.2, 0) is 11.2 Å². The summed E-state index contributed by atoms with van der Waals surface area (Å²) in [5.74, 6) is 3.02. The molecule has 3 aliphatic carbocycles. The minimum absolute atomic E-state index is 0.0282. The number of carbonyl (C=O) groups excluding carboxylic acids is 1. The molecule has 1 aromatic rings. The molecule has 1 fully saturated rings. The van der Waals surface area contributed by atoms with Crippen LogP contribution in [0.4, 0.5) is 0 Å². The Morgan fingerprint density at radius 2 is 2.04 bits per heavy atom. The highest BCUT2D eigenvalue weighted by Gasteiger charge is 2.53. The fraction of sp³-hybridized carbons (Fsp3) is 0.625. The zero-order chi connectivity index (χ0) is 19.4. The monoisotopic (exact) mass is 367 g/mol. The summed E-state index contributed by atoms with van der Waals surface area (Å²) in [7, 11) is 1.74. The molecule has 0 bridgehead atoms. The SMILES string of the molecule is COc1ccc2c(c1)CC[C@@H]1[C@@H]2CC[C@]2(C)C(C(=O)NC(C)(C)C)=CC[C@@H]12. The second-order valence-corrected chi connectivity index (χ2v) is 9.99. The van der Waals surface area contributed by atoms with Crippen LogP contribution in [0.3, 0.4) is 0 Å². The van der Waals surface area contributed by atoms with Gasteiger partial charge in [-0.3, -0.25) is 4.79 Å². The van der Waals surface area contributed by atoms with E-state index in [9.17, 15) is 4.79 Å². The number of hydrogen-bond acceptors (Lipinski definition) is 2. The molecule has 4 atom stereocenters. The quantitative estimate of drug-likeness (QED) is 0.798. The highest BCUT2D eigenvalue weighted by atomic mass is 16.5. The number of benzene rings is 1. The highest BCUT2D eigenvalue weighted by Crippen LogP contribution is 2.61. The number of methoxy groups -OCH3 is 1. The van der Waals surface area contributed by atoms with Crippen LogP contribution in [-0.4, -0.2) is 18.6 Å². The average molecular weight is 368 g/mol. The molecule has 4 rings (SSSR count). The van der Waals surface area contributed by atoms with E-state index >= 15 is 0 Å². The van der Waals surface area contributed by atoms with E-state index in [0.29, 0.717) is 17.8 Å². The first-order valence-electron chi connectivity index (χ1n) is 10.4. The molecule has 0 aromatic heterocycles. The fourth-order valence-corrected chi connectivity index (χ4v) is 6.01. The first-order chi connectivity index (χ1) is 12.7. The first-order valence-corrected chi connectivity index (χ1v) is 10.4. The second kappa shape index (κ2) is 6.39. The van der Waals surface area contributed by atoms with E-state index in [-0.39, 0.29) is 16.9 Å². The number of fused-ring (bicyclic) bond motifs is 5. The smallest absolute Gasteiger partial charge is 0.247 e. The van der Waals surface area contributed by atoms with Crippen LogP contribution >= 0.6 is 0 Å². The summed E-state index contributed by atoms with van der Waals surface area (Å²) >= 11 is 0. The van der Waals surface area contributed by atoms with Gasteiger partial charge < -0.3 is 10.1 Å². The zero-order valence-corrected chi connectivity index (χ0v) is 17.4. The Morgan fingerprint density at radius 3 is 2.74 bits per heavy atom. The maximum absolute atomic E-state index is 13.0. The lowest BCUT2D eigenvalue weighted by Gasteiger charge is -2.50. The first kappa shape index (κ1) is 18.6. The lowest BCUT2D eigenvalue weighted by molar-refractivity contribution is -0.120. The number of hydrogen-bond donors (Lipinski definition) is 1. The standard InChI is InChI=1S/C24H33NO2/c1-23(2,3)25-22(26)21-11-10-20-19-8-6-15-14-16(27-5)7-9-17(15)18(19)12-13-24(20,21)4/h7,9,11,14,18-20H,6,8,10,12-13H2,1-5H3,(H,25,26)/t18-,19-,20+,24+/m1/s1. The van der Waals surface area contributed by atoms with Gasteiger partial charge in [-0.25, -0.2) is 0 Å². The third-order valence-electron chi connectivity index (χ3n) is 7.25. The molecule has 0 radical (unpaired) electrons. The molecule has 1 saturated carbocycles. The minimum Gasteiger partial charge on any atom is -0.497 e. The number of amides is 1. The fourth-order valence-electron chi connectivity index (χ4n) is 6.01. The van der Waals surface area contributed by atoms with E-state index in [2.05, 4.69) is 57.3 Å². The van der Waals surface area contributed by atoms with E-state index in [1.54, 1.807) is 7.11 Å². The van der Waals surface area contributed by atoms with E-state index in [0.717, 1.165) is 30.6 Å². The molecule has 3 nitrogen and oxygen atoms in total. The van der Waals surface area contributed by atoms with Crippen molar-refractivity contribution in [2.45, 2.75) is 71.3 Å². The Bertz CT molecular complexity index is 788. The Balaban J connectivity index is 1.59. The lowest BCUT2D eigenvalue weighted by atomic mass is 9.54. The van der Waals surface area contributed by atoms with Gasteiger partial charge in [0.1, 0.15) is 5.75 Å². The van der Waals surface area contributed by atoms with Gasteiger partial charge in [0, 0.05) is 16.5 Å². The Morgan fingerprint density at radius 1 is 1.26 bits per heavy atom. The van der Waals surface area contributed by atoms with Gasteiger partial charge >= 0.3 is 0 Å². The van der Waals surface area contributed by atoms with Crippen molar-refractivity contribution in [3.63, 3.8) is 0 Å². The maximum Gasteiger partial charge on any atom is 0.247 e. The largest absolute Gasteiger partial charge is 0.497 e. The number of carbonyl (C=O) groups is 1. The molecule has 1 N–H and O–H groups in total. The van der Waals surface area contributed by atoms with Crippen LogP contribution < -0.4 is 10.1 Å². The lowest BCUT2D eigenvalue weighted by Crippen LogP contribution is -2.47. The van der Waals surface area contributed by atoms with Crippen molar-refractivity contribution in [2.75, 3.05) is 7.11 Å². The molecule has 1 amide bonds. The second-order valence-electron chi connectivity index (χ2n) is 9.99. The van der Waals surface area contributed by atoms with Crippen LogP contribution in [0.1, 0.15) is 70.4 Å². The third-order valence-corrected chi connectivity index (χ3v) is 7.25. The number of rotatable bonds is 2. The Kier molecular flexibility index (Phi) is 4.40. The molecule has 0 saturated heterocycles. The maximum atomic E-state index is 13.0. The van der Waals surface area contributed by atoms with Crippen LogP contribution in [0.5, 0.6) is 5.75 Å². The van der Waals surface area contributed by atoms with Crippen molar-refractivity contribution in [3.8, 4) is 5.75 Å². The van der Waals surface area contributed by atoms with Gasteiger partial charge in [-0.15, -0.1) is 0 Å². The van der Waals surface area contributed by atoms with Crippen molar-refractivity contribution in [1.29, 1.82) is 0 Å². The molecule has 1 aromatic carbocycles. The Labute approximate surface area is 163 Å². The molecule has 3 heteroatoms. The van der Waals surface area contributed by atoms with Gasteiger partial charge in [0.25, 0.3) is 0 Å². The number of ether oxygens (including phenoxy) is 1. The summed E-state index contributed by atoms with van der Waals surface area (Å²) < 4.78 is 5.43. The third kappa shape index (κ3) is 3.09. The number of nitrogens with one attached hydrogen (secondary N) is 1. The number of aryl methyl sites for hydroxylation is 1. The number of allylic oxidation sites excluding steroid dienone is 1. The molecule has 0 unspecified atom stereocenters. The molecule has 0 spiro atoms. The van der Waals surface area contributed by atoms with Gasteiger partial charge in [0.05, 0.1) is 7.11 Å². The Hall–Kier alpha value is -1.77. The van der Waals surface area contributed by atoms with Crippen molar-refractivity contribution >= 4 is 5.91 Å². The predicted octanol–water partition coefficient (Wildman–Crippen LogP) is 5.00. The van der Waals surface area contributed by atoms with E-state index in [1.165, 1.54) is 24.0 Å². The highest BCUT2D eigenvalue weighted by molar-refractivity contribution is 5.95. The average Bonchev–Trinajstić information content (AvgIpc) is 2.96. The summed E-state index contributed by atoms with van der Waals surface area (Å²) in [5, 5.41) is 3.20. The molecular weight excluding hydrogens is 334 g/mol. The van der Waals surface area contributed by atoms with Crippen molar-refractivity contribution in [1.82, 2.24) is 5.32 Å². The summed E-state index contributed by atoms with van der Waals surface area (Å²) in [6.45, 7) is 8.52. The van der Waals surface area contributed by atoms with Crippen LogP contribution in [0.25, 0.3) is 0 Å². The summed E-state index contributed by atoms with van der Waals surface area (Å²) in [4.78, 5) is 13.0. The molecule has 146 valence electrons. The summed E-state index contributed by atoms with van der Waals surface area (Å²) in [6, 6.07) is 6.64. The van der Waals surface area contributed by atoms with Crippen LogP contribution in [0.15, 0.2) is 29.8 Å². The predicted molar refractivity (Wildman–Crippen MR) is 109 cm³/mol.